The van der Waals surface area contributed by atoms with Crippen LogP contribution in [-0.4, -0.2) is 19.0 Å². The number of ether oxygens (including phenoxy) is 1. The Balaban J connectivity index is 2.05. The lowest BCUT2D eigenvalue weighted by atomic mass is 10.1. The van der Waals surface area contributed by atoms with Crippen LogP contribution in [0, 0.1) is 0 Å². The van der Waals surface area contributed by atoms with Crippen molar-refractivity contribution in [3.8, 4) is 0 Å². The van der Waals surface area contributed by atoms with Crippen molar-refractivity contribution in [1.29, 1.82) is 0 Å². The Morgan fingerprint density at radius 3 is 2.74 bits per heavy atom. The van der Waals surface area contributed by atoms with Gasteiger partial charge in [-0.3, -0.25) is 9.59 Å². The number of carbonyl (C=O) groups excluding carboxylic acids is 2. The molecule has 0 bridgehead atoms. The fraction of sp³-hybridized carbons (Fsp3) is 0.176. The third-order valence-electron chi connectivity index (χ3n) is 3.12. The number of amides is 1. The number of nitrogens with one attached hydrogen (secondary N) is 1. The Hall–Kier alpha value is -2.11. The van der Waals surface area contributed by atoms with Gasteiger partial charge in [-0.25, -0.2) is 0 Å². The van der Waals surface area contributed by atoms with Gasteiger partial charge in [-0.15, -0.1) is 11.3 Å². The molecular weight excluding hydrogens is 334 g/mol. The van der Waals surface area contributed by atoms with Crippen LogP contribution in [0.3, 0.4) is 0 Å². The van der Waals surface area contributed by atoms with Gasteiger partial charge in [0.15, 0.2) is 0 Å². The van der Waals surface area contributed by atoms with Crippen LogP contribution in [0.25, 0.3) is 6.08 Å². The highest BCUT2D eigenvalue weighted by molar-refractivity contribution is 7.10. The normalized spacial score (nSPS) is 12.1. The fourth-order valence-corrected chi connectivity index (χ4v) is 2.93. The van der Waals surface area contributed by atoms with Crippen molar-refractivity contribution >= 4 is 40.9 Å². The molecule has 0 aliphatic rings. The van der Waals surface area contributed by atoms with Gasteiger partial charge in [-0.1, -0.05) is 35.9 Å². The molecule has 6 heteroatoms. The summed E-state index contributed by atoms with van der Waals surface area (Å²) >= 11 is 7.51. The van der Waals surface area contributed by atoms with Crippen molar-refractivity contribution in [1.82, 2.24) is 5.32 Å². The molecule has 1 atom stereocenters. The highest BCUT2D eigenvalue weighted by Gasteiger charge is 2.18. The van der Waals surface area contributed by atoms with E-state index in [9.17, 15) is 9.59 Å². The lowest BCUT2D eigenvalue weighted by molar-refractivity contribution is -0.141. The van der Waals surface area contributed by atoms with Crippen LogP contribution in [0.1, 0.15) is 22.9 Å². The minimum absolute atomic E-state index is 0.0860. The topological polar surface area (TPSA) is 55.4 Å². The number of esters is 1. The molecule has 0 fully saturated rings. The maximum atomic E-state index is 12.1. The monoisotopic (exact) mass is 349 g/mol. The van der Waals surface area contributed by atoms with Crippen molar-refractivity contribution < 1.29 is 14.3 Å². The first-order valence-corrected chi connectivity index (χ1v) is 8.19. The number of halogens is 1. The third kappa shape index (κ3) is 5.23. The second-order valence-electron chi connectivity index (χ2n) is 4.71. The first-order valence-electron chi connectivity index (χ1n) is 6.93. The Bertz CT molecular complexity index is 698. The molecule has 23 heavy (non-hydrogen) atoms. The van der Waals surface area contributed by atoms with Crippen molar-refractivity contribution in [2.75, 3.05) is 7.11 Å². The highest BCUT2D eigenvalue weighted by Crippen LogP contribution is 2.22. The van der Waals surface area contributed by atoms with Gasteiger partial charge >= 0.3 is 5.97 Å². The van der Waals surface area contributed by atoms with Crippen molar-refractivity contribution in [2.45, 2.75) is 12.5 Å². The van der Waals surface area contributed by atoms with Crippen LogP contribution in [0.5, 0.6) is 0 Å². The van der Waals surface area contributed by atoms with E-state index in [2.05, 4.69) is 10.1 Å². The fourth-order valence-electron chi connectivity index (χ4n) is 1.96. The van der Waals surface area contributed by atoms with Crippen molar-refractivity contribution in [3.05, 3.63) is 63.3 Å². The first-order chi connectivity index (χ1) is 11.1. The zero-order chi connectivity index (χ0) is 16.7. The third-order valence-corrected chi connectivity index (χ3v) is 4.45. The van der Waals surface area contributed by atoms with Gasteiger partial charge in [0.1, 0.15) is 0 Å². The average Bonchev–Trinajstić information content (AvgIpc) is 3.07. The summed E-state index contributed by atoms with van der Waals surface area (Å²) < 4.78 is 4.68. The molecule has 2 aromatic rings. The quantitative estimate of drug-likeness (QED) is 0.637. The second-order valence-corrected chi connectivity index (χ2v) is 6.10. The van der Waals surface area contributed by atoms with Crippen LogP contribution in [-0.2, 0) is 14.3 Å². The van der Waals surface area contributed by atoms with Crippen LogP contribution >= 0.6 is 22.9 Å². The van der Waals surface area contributed by atoms with E-state index >= 15 is 0 Å². The smallest absolute Gasteiger partial charge is 0.307 e. The molecular formula is C17H16ClNO3S. The van der Waals surface area contributed by atoms with Crippen LogP contribution in [0.4, 0.5) is 0 Å². The largest absolute Gasteiger partial charge is 0.469 e. The van der Waals surface area contributed by atoms with Gasteiger partial charge < -0.3 is 10.1 Å². The molecule has 1 amide bonds. The summed E-state index contributed by atoms with van der Waals surface area (Å²) in [6.07, 6.45) is 3.13. The van der Waals surface area contributed by atoms with Crippen LogP contribution in [0.15, 0.2) is 47.9 Å². The summed E-state index contributed by atoms with van der Waals surface area (Å²) in [4.78, 5) is 24.5. The average molecular weight is 350 g/mol. The Morgan fingerprint density at radius 2 is 2.09 bits per heavy atom. The van der Waals surface area contributed by atoms with Crippen molar-refractivity contribution in [2.24, 2.45) is 0 Å². The molecule has 120 valence electrons. The Labute approximate surface area is 143 Å². The maximum Gasteiger partial charge on any atom is 0.307 e. The van der Waals surface area contributed by atoms with E-state index in [4.69, 9.17) is 11.6 Å². The van der Waals surface area contributed by atoms with E-state index in [1.165, 1.54) is 24.5 Å². The molecule has 0 saturated carbocycles. The molecule has 0 radical (unpaired) electrons. The molecule has 1 aromatic carbocycles. The predicted octanol–water partition coefficient (Wildman–Crippen LogP) is 3.84. The number of methoxy groups -OCH3 is 1. The summed E-state index contributed by atoms with van der Waals surface area (Å²) in [5.74, 6) is -0.675. The van der Waals surface area contributed by atoms with Gasteiger partial charge in [0, 0.05) is 16.0 Å². The van der Waals surface area contributed by atoms with Crippen LogP contribution < -0.4 is 5.32 Å². The van der Waals surface area contributed by atoms with E-state index in [0.29, 0.717) is 5.02 Å². The number of thiophene rings is 1. The van der Waals surface area contributed by atoms with Crippen LogP contribution in [0.2, 0.25) is 5.02 Å². The number of rotatable bonds is 6. The molecule has 0 saturated heterocycles. The van der Waals surface area contributed by atoms with Gasteiger partial charge in [0.05, 0.1) is 19.6 Å². The first kappa shape index (κ1) is 17.2. The summed E-state index contributed by atoms with van der Waals surface area (Å²) in [6.45, 7) is 0. The molecule has 0 aliphatic carbocycles. The van der Waals surface area contributed by atoms with Gasteiger partial charge in [0.2, 0.25) is 5.91 Å². The summed E-state index contributed by atoms with van der Waals surface area (Å²) in [5.41, 5.74) is 0.755. The molecule has 1 aromatic heterocycles. The Kier molecular flexibility index (Phi) is 6.38. The van der Waals surface area contributed by atoms with E-state index < -0.39 is 6.04 Å². The SMILES string of the molecule is COC(=O)CC(NC(=O)/C=C/c1ccccc1Cl)c1cccs1. The summed E-state index contributed by atoms with van der Waals surface area (Å²) in [6, 6.07) is 10.6. The van der Waals surface area contributed by atoms with Gasteiger partial charge in [-0.2, -0.15) is 0 Å². The maximum absolute atomic E-state index is 12.1. The number of carbonyl (C=O) groups is 2. The van der Waals surface area contributed by atoms with E-state index in [0.717, 1.165) is 10.4 Å². The second kappa shape index (κ2) is 8.50. The summed E-state index contributed by atoms with van der Waals surface area (Å²) in [5, 5.41) is 5.28. The standard InChI is InChI=1S/C17H16ClNO3S/c1-22-17(21)11-14(15-7-4-10-23-15)19-16(20)9-8-12-5-2-3-6-13(12)18/h2-10,14H,11H2,1H3,(H,19,20)/b9-8+. The molecule has 1 unspecified atom stereocenters. The number of hydrogen-bond acceptors (Lipinski definition) is 4. The molecule has 0 spiro atoms. The molecule has 2 rings (SSSR count). The molecule has 0 aliphatic heterocycles. The van der Waals surface area contributed by atoms with Crippen molar-refractivity contribution in [3.63, 3.8) is 0 Å². The number of hydrogen-bond donors (Lipinski definition) is 1. The predicted molar refractivity (Wildman–Crippen MR) is 92.3 cm³/mol. The summed E-state index contributed by atoms with van der Waals surface area (Å²) in [7, 11) is 1.33. The minimum atomic E-state index is -0.411. The zero-order valence-electron chi connectivity index (χ0n) is 12.5. The Morgan fingerprint density at radius 1 is 1.30 bits per heavy atom. The van der Waals surface area contributed by atoms with Gasteiger partial charge in [0.25, 0.3) is 0 Å². The lowest BCUT2D eigenvalue weighted by Crippen LogP contribution is -2.28. The minimum Gasteiger partial charge on any atom is -0.469 e. The lowest BCUT2D eigenvalue weighted by Gasteiger charge is -2.15. The zero-order valence-corrected chi connectivity index (χ0v) is 14.1. The van der Waals surface area contributed by atoms with E-state index in [1.54, 1.807) is 12.1 Å². The molecule has 4 nitrogen and oxygen atoms in total. The highest BCUT2D eigenvalue weighted by atomic mass is 35.5. The molecule has 1 N–H and O–H groups in total. The number of benzene rings is 1. The van der Waals surface area contributed by atoms with E-state index in [1.807, 2.05) is 35.7 Å². The molecule has 1 heterocycles. The van der Waals surface area contributed by atoms with E-state index in [-0.39, 0.29) is 18.3 Å². The van der Waals surface area contributed by atoms with Gasteiger partial charge in [-0.05, 0) is 29.2 Å².